The lowest BCUT2D eigenvalue weighted by Gasteiger charge is -2.10. The van der Waals surface area contributed by atoms with Crippen LogP contribution in [0.1, 0.15) is 6.92 Å². The van der Waals surface area contributed by atoms with Crippen LogP contribution < -0.4 is 10.6 Å². The van der Waals surface area contributed by atoms with Crippen molar-refractivity contribution in [1.82, 2.24) is 14.9 Å². The lowest BCUT2D eigenvalue weighted by atomic mass is 10.5. The number of ether oxygens (including phenoxy) is 1. The van der Waals surface area contributed by atoms with Crippen LogP contribution in [0.5, 0.6) is 0 Å². The molecule has 0 aromatic carbocycles. The second-order valence-corrected chi connectivity index (χ2v) is 4.14. The Kier molecular flexibility index (Phi) is 7.05. The summed E-state index contributed by atoms with van der Waals surface area (Å²) in [7, 11) is 4.06. The van der Waals surface area contributed by atoms with E-state index in [1.54, 1.807) is 6.20 Å². The van der Waals surface area contributed by atoms with Gasteiger partial charge in [-0.15, -0.1) is 0 Å². The maximum Gasteiger partial charge on any atom is 0.224 e. The minimum Gasteiger partial charge on any atom is -0.378 e. The lowest BCUT2D eigenvalue weighted by Crippen LogP contribution is -2.20. The summed E-state index contributed by atoms with van der Waals surface area (Å²) in [5.41, 5.74) is 0. The Morgan fingerprint density at radius 3 is 2.83 bits per heavy atom. The van der Waals surface area contributed by atoms with Crippen molar-refractivity contribution in [2.24, 2.45) is 0 Å². The first-order valence-corrected chi connectivity index (χ1v) is 6.25. The number of hydrogen-bond acceptors (Lipinski definition) is 6. The second-order valence-electron chi connectivity index (χ2n) is 4.14. The first-order chi connectivity index (χ1) is 8.72. The summed E-state index contributed by atoms with van der Waals surface area (Å²) in [6, 6.07) is 1.85. The molecule has 1 aromatic heterocycles. The molecule has 0 fully saturated rings. The molecule has 0 atom stereocenters. The summed E-state index contributed by atoms with van der Waals surface area (Å²) >= 11 is 0. The van der Waals surface area contributed by atoms with Crippen molar-refractivity contribution in [2.45, 2.75) is 6.92 Å². The van der Waals surface area contributed by atoms with Crippen molar-refractivity contribution in [3.63, 3.8) is 0 Å². The molecule has 1 aromatic rings. The molecule has 102 valence electrons. The Balaban J connectivity index is 2.16. The third-order valence-electron chi connectivity index (χ3n) is 2.23. The van der Waals surface area contributed by atoms with Crippen molar-refractivity contribution in [3.05, 3.63) is 12.3 Å². The largest absolute Gasteiger partial charge is 0.378 e. The number of anilines is 2. The molecular weight excluding hydrogens is 230 g/mol. The predicted octanol–water partition coefficient (Wildman–Crippen LogP) is 0.898. The lowest BCUT2D eigenvalue weighted by molar-refractivity contribution is 0.126. The van der Waals surface area contributed by atoms with Gasteiger partial charge in [-0.1, -0.05) is 0 Å². The summed E-state index contributed by atoms with van der Waals surface area (Å²) < 4.78 is 5.48. The maximum atomic E-state index is 5.48. The van der Waals surface area contributed by atoms with E-state index in [4.69, 9.17) is 4.74 Å². The molecule has 0 aliphatic carbocycles. The van der Waals surface area contributed by atoms with Crippen LogP contribution in [-0.2, 0) is 4.74 Å². The number of rotatable bonds is 9. The van der Waals surface area contributed by atoms with E-state index in [-0.39, 0.29) is 0 Å². The zero-order valence-electron chi connectivity index (χ0n) is 11.4. The highest BCUT2D eigenvalue weighted by Crippen LogP contribution is 2.04. The summed E-state index contributed by atoms with van der Waals surface area (Å²) in [6.45, 7) is 5.95. The smallest absolute Gasteiger partial charge is 0.224 e. The average Bonchev–Trinajstić information content (AvgIpc) is 2.34. The van der Waals surface area contributed by atoms with Crippen molar-refractivity contribution < 1.29 is 4.74 Å². The van der Waals surface area contributed by atoms with Crippen LogP contribution in [0.4, 0.5) is 11.8 Å². The highest BCUT2D eigenvalue weighted by Gasteiger charge is 1.97. The van der Waals surface area contributed by atoms with Gasteiger partial charge in [0.1, 0.15) is 5.82 Å². The van der Waals surface area contributed by atoms with E-state index >= 15 is 0 Å². The van der Waals surface area contributed by atoms with E-state index in [0.29, 0.717) is 12.6 Å². The zero-order valence-corrected chi connectivity index (χ0v) is 11.4. The third-order valence-corrected chi connectivity index (χ3v) is 2.23. The van der Waals surface area contributed by atoms with Crippen LogP contribution in [-0.4, -0.2) is 61.8 Å². The molecule has 0 aliphatic heterocycles. The van der Waals surface area contributed by atoms with E-state index in [9.17, 15) is 0 Å². The number of likely N-dealkylation sites (N-methyl/N-ethyl adjacent to an activating group) is 1. The number of aromatic nitrogens is 2. The van der Waals surface area contributed by atoms with Gasteiger partial charge < -0.3 is 20.3 Å². The van der Waals surface area contributed by atoms with Crippen molar-refractivity contribution in [1.29, 1.82) is 0 Å². The molecule has 1 rings (SSSR count). The molecular formula is C12H23N5O. The van der Waals surface area contributed by atoms with Crippen LogP contribution in [0, 0.1) is 0 Å². The molecule has 0 unspecified atom stereocenters. The number of nitrogens with one attached hydrogen (secondary N) is 2. The van der Waals surface area contributed by atoms with Crippen LogP contribution in [0.25, 0.3) is 0 Å². The normalized spacial score (nSPS) is 10.7. The predicted molar refractivity (Wildman–Crippen MR) is 74.1 cm³/mol. The molecule has 2 N–H and O–H groups in total. The maximum absolute atomic E-state index is 5.48. The van der Waals surface area contributed by atoms with Crippen LogP contribution in [0.2, 0.25) is 0 Å². The minimum atomic E-state index is 0.649. The molecule has 0 saturated heterocycles. The first-order valence-electron chi connectivity index (χ1n) is 6.25. The summed E-state index contributed by atoms with van der Waals surface area (Å²) in [4.78, 5) is 10.5. The molecule has 0 spiro atoms. The molecule has 6 nitrogen and oxygen atoms in total. The quantitative estimate of drug-likeness (QED) is 0.638. The fourth-order valence-electron chi connectivity index (χ4n) is 1.30. The van der Waals surface area contributed by atoms with E-state index in [0.717, 1.165) is 32.1 Å². The molecule has 0 radical (unpaired) electrons. The molecule has 0 amide bonds. The second kappa shape index (κ2) is 8.66. The van der Waals surface area contributed by atoms with Crippen molar-refractivity contribution >= 4 is 11.8 Å². The van der Waals surface area contributed by atoms with Gasteiger partial charge >= 0.3 is 0 Å². The van der Waals surface area contributed by atoms with E-state index in [1.807, 2.05) is 27.1 Å². The molecule has 18 heavy (non-hydrogen) atoms. The Morgan fingerprint density at radius 1 is 1.28 bits per heavy atom. The van der Waals surface area contributed by atoms with Crippen molar-refractivity contribution in [2.75, 3.05) is 57.6 Å². The third kappa shape index (κ3) is 6.36. The topological polar surface area (TPSA) is 62.3 Å². The number of hydrogen-bond donors (Lipinski definition) is 2. The van der Waals surface area contributed by atoms with Gasteiger partial charge in [-0.05, 0) is 27.1 Å². The first kappa shape index (κ1) is 14.7. The summed E-state index contributed by atoms with van der Waals surface area (Å²) in [6.07, 6.45) is 1.74. The van der Waals surface area contributed by atoms with Crippen LogP contribution in [0.15, 0.2) is 12.3 Å². The minimum absolute atomic E-state index is 0.649. The Labute approximate surface area is 109 Å². The van der Waals surface area contributed by atoms with Gasteiger partial charge in [-0.2, -0.15) is 4.98 Å². The molecule has 0 saturated carbocycles. The van der Waals surface area contributed by atoms with Gasteiger partial charge in [0.15, 0.2) is 0 Å². The Bertz CT molecular complexity index is 332. The van der Waals surface area contributed by atoms with Crippen LogP contribution in [0.3, 0.4) is 0 Å². The standard InChI is InChI=1S/C12H23N5O/c1-4-13-12-15-6-5-11(16-12)14-7-9-18-10-8-17(2)3/h5-6H,4,7-10H2,1-3H3,(H2,13,14,15,16). The summed E-state index contributed by atoms with van der Waals surface area (Å²) in [5, 5.41) is 6.27. The van der Waals surface area contributed by atoms with Gasteiger partial charge in [0.05, 0.1) is 13.2 Å². The molecule has 0 aliphatic rings. The highest BCUT2D eigenvalue weighted by molar-refractivity contribution is 5.39. The van der Waals surface area contributed by atoms with E-state index in [2.05, 4.69) is 25.5 Å². The highest BCUT2D eigenvalue weighted by atomic mass is 16.5. The van der Waals surface area contributed by atoms with Gasteiger partial charge in [0, 0.05) is 25.8 Å². The van der Waals surface area contributed by atoms with Crippen molar-refractivity contribution in [3.8, 4) is 0 Å². The van der Waals surface area contributed by atoms with Gasteiger partial charge in [-0.25, -0.2) is 4.98 Å². The van der Waals surface area contributed by atoms with E-state index in [1.165, 1.54) is 0 Å². The van der Waals surface area contributed by atoms with Gasteiger partial charge in [0.2, 0.25) is 5.95 Å². The molecule has 0 bridgehead atoms. The SMILES string of the molecule is CCNc1nccc(NCCOCCN(C)C)n1. The molecule has 6 heteroatoms. The van der Waals surface area contributed by atoms with E-state index < -0.39 is 0 Å². The van der Waals surface area contributed by atoms with Crippen LogP contribution >= 0.6 is 0 Å². The fourth-order valence-corrected chi connectivity index (χ4v) is 1.30. The zero-order chi connectivity index (χ0) is 13.2. The fraction of sp³-hybridized carbons (Fsp3) is 0.667. The van der Waals surface area contributed by atoms with Gasteiger partial charge in [0.25, 0.3) is 0 Å². The van der Waals surface area contributed by atoms with Gasteiger partial charge in [-0.3, -0.25) is 0 Å². The number of nitrogens with zero attached hydrogens (tertiary/aromatic N) is 3. The Hall–Kier alpha value is -1.40. The molecule has 1 heterocycles. The average molecular weight is 253 g/mol. The monoisotopic (exact) mass is 253 g/mol. The Morgan fingerprint density at radius 2 is 2.11 bits per heavy atom. The summed E-state index contributed by atoms with van der Waals surface area (Å²) in [5.74, 6) is 1.47.